The van der Waals surface area contributed by atoms with Crippen molar-refractivity contribution in [1.29, 1.82) is 0 Å². The molecule has 0 aliphatic carbocycles. The molecular weight excluding hydrogens is 940 g/mol. The number of ether oxygens (including phenoxy) is 5. The van der Waals surface area contributed by atoms with Crippen LogP contribution in [0.5, 0.6) is 23.0 Å². The smallest absolute Gasteiger partial charge is 0.489 e. The molecule has 1 amide bonds. The number of carbonyl (C=O) groups excluding carboxylic acids is 2. The van der Waals surface area contributed by atoms with Gasteiger partial charge < -0.3 is 39.2 Å². The molecule has 6 aromatic carbocycles. The highest BCUT2D eigenvalue weighted by Crippen LogP contribution is 2.38. The zero-order valence-corrected chi connectivity index (χ0v) is 39.4. The van der Waals surface area contributed by atoms with Gasteiger partial charge in [0.15, 0.2) is 0 Å². The van der Waals surface area contributed by atoms with Gasteiger partial charge in [-0.15, -0.1) is 38.7 Å². The number of anilines is 2. The van der Waals surface area contributed by atoms with E-state index in [2.05, 4.69) is 20.1 Å². The Kier molecular flexibility index (Phi) is 17.3. The Balaban J connectivity index is 0.000000242. The second-order valence-electron chi connectivity index (χ2n) is 17.2. The van der Waals surface area contributed by atoms with E-state index in [1.165, 1.54) is 17.7 Å². The maximum atomic E-state index is 13.1. The van der Waals surface area contributed by atoms with Gasteiger partial charge in [-0.3, -0.25) is 9.59 Å². The number of rotatable bonds is 15. The molecular formula is C53H52ClF6N3O7. The summed E-state index contributed by atoms with van der Waals surface area (Å²) in [7, 11) is 0. The van der Waals surface area contributed by atoms with Crippen LogP contribution in [0.4, 0.5) is 37.7 Å². The molecule has 0 bridgehead atoms. The SMILES string of the molecule is CC(C)(C)OC(=O)CCNCC(=O)N1CCc2cc(OCc3ccc(-c4ccccc4)c(OC(F)(F)F)c3)ccc21.Cl.FC(F)(F)Oc1cc(COc2ccc3c(c2)CCN3)ccc1-c1ccccc1. The molecule has 0 radical (unpaired) electrons. The lowest BCUT2D eigenvalue weighted by Gasteiger charge is -2.20. The van der Waals surface area contributed by atoms with Crippen molar-refractivity contribution in [1.82, 2.24) is 5.32 Å². The fourth-order valence-corrected chi connectivity index (χ4v) is 7.75. The van der Waals surface area contributed by atoms with Gasteiger partial charge in [-0.25, -0.2) is 0 Å². The molecule has 0 unspecified atom stereocenters. The first kappa shape index (κ1) is 52.5. The van der Waals surface area contributed by atoms with Crippen molar-refractivity contribution < 1.29 is 59.6 Å². The van der Waals surface area contributed by atoms with Gasteiger partial charge in [0, 0.05) is 42.1 Å². The Morgan fingerprint density at radius 2 is 1.17 bits per heavy atom. The van der Waals surface area contributed by atoms with Gasteiger partial charge in [-0.2, -0.15) is 0 Å². The Labute approximate surface area is 408 Å². The first-order valence-corrected chi connectivity index (χ1v) is 22.2. The number of hydrogen-bond acceptors (Lipinski definition) is 9. The van der Waals surface area contributed by atoms with E-state index in [0.29, 0.717) is 64.4 Å². The van der Waals surface area contributed by atoms with E-state index in [9.17, 15) is 35.9 Å². The van der Waals surface area contributed by atoms with Gasteiger partial charge in [0.25, 0.3) is 0 Å². The first-order valence-electron chi connectivity index (χ1n) is 22.2. The first-order chi connectivity index (χ1) is 32.9. The molecule has 0 saturated carbocycles. The largest absolute Gasteiger partial charge is 0.573 e. The van der Waals surface area contributed by atoms with Gasteiger partial charge in [-0.1, -0.05) is 84.9 Å². The Morgan fingerprint density at radius 3 is 1.70 bits per heavy atom. The topological polar surface area (TPSA) is 108 Å². The quantitative estimate of drug-likeness (QED) is 0.0591. The van der Waals surface area contributed by atoms with Crippen LogP contribution >= 0.6 is 12.4 Å². The standard InChI is InChI=1S/C31H33F3N2O5.C22H18F3NO2.ClH/c1-30(2,3)41-29(38)13-15-35-19-28(37)36-16-14-23-18-24(10-12-26(23)36)39-20-21-9-11-25(22-7-5-4-6-8-22)27(17-21)40-31(32,33)34;23-22(24,25)28-21-12-15(6-8-19(21)16-4-2-1-3-5-16)14-27-18-7-9-20-17(13-18)10-11-26-20;/h4-12,17-18,35H,13-16,19-20H2,1-3H3;1-9,12-13,26H,10-11,14H2;1H. The lowest BCUT2D eigenvalue weighted by atomic mass is 10.0. The Hall–Kier alpha value is -6.91. The summed E-state index contributed by atoms with van der Waals surface area (Å²) in [6, 6.07) is 38.0. The van der Waals surface area contributed by atoms with Crippen molar-refractivity contribution in [2.24, 2.45) is 0 Å². The van der Waals surface area contributed by atoms with Gasteiger partial charge in [0.05, 0.1) is 13.0 Å². The van der Waals surface area contributed by atoms with Gasteiger partial charge in [0.1, 0.15) is 41.8 Å². The van der Waals surface area contributed by atoms with Crippen molar-refractivity contribution in [3.8, 4) is 45.3 Å². The molecule has 2 aliphatic rings. The normalized spacial score (nSPS) is 12.8. The van der Waals surface area contributed by atoms with Gasteiger partial charge >= 0.3 is 18.7 Å². The molecule has 17 heteroatoms. The van der Waals surface area contributed by atoms with E-state index < -0.39 is 18.3 Å². The van der Waals surface area contributed by atoms with Crippen LogP contribution in [0.15, 0.2) is 133 Å². The molecule has 0 fully saturated rings. The third-order valence-electron chi connectivity index (χ3n) is 10.8. The second kappa shape index (κ2) is 23.1. The number of alkyl halides is 6. The molecule has 0 spiro atoms. The number of nitrogens with zero attached hydrogens (tertiary/aromatic N) is 1. The highest BCUT2D eigenvalue weighted by Gasteiger charge is 2.34. The van der Waals surface area contributed by atoms with Crippen molar-refractivity contribution in [2.45, 2.75) is 71.6 Å². The van der Waals surface area contributed by atoms with E-state index >= 15 is 0 Å². The third kappa shape index (κ3) is 15.3. The van der Waals surface area contributed by atoms with Crippen molar-refractivity contribution in [3.05, 3.63) is 156 Å². The number of hydrogen-bond donors (Lipinski definition) is 2. The van der Waals surface area contributed by atoms with Crippen LogP contribution in [0.2, 0.25) is 0 Å². The number of fused-ring (bicyclic) bond motifs is 2. The number of halogens is 7. The zero-order chi connectivity index (χ0) is 49.2. The Morgan fingerprint density at radius 1 is 0.643 bits per heavy atom. The minimum absolute atomic E-state index is 0. The summed E-state index contributed by atoms with van der Waals surface area (Å²) in [5.41, 5.74) is 6.52. The molecule has 70 heavy (non-hydrogen) atoms. The van der Waals surface area contributed by atoms with Crippen molar-refractivity contribution in [2.75, 3.05) is 36.4 Å². The van der Waals surface area contributed by atoms with Crippen LogP contribution in [0.25, 0.3) is 22.3 Å². The summed E-state index contributed by atoms with van der Waals surface area (Å²) < 4.78 is 103. The van der Waals surface area contributed by atoms with Crippen LogP contribution < -0.4 is 34.5 Å². The van der Waals surface area contributed by atoms with Crippen LogP contribution in [0.1, 0.15) is 49.4 Å². The van der Waals surface area contributed by atoms with E-state index in [0.717, 1.165) is 29.9 Å². The molecule has 6 aromatic rings. The predicted octanol–water partition coefficient (Wildman–Crippen LogP) is 12.3. The van der Waals surface area contributed by atoms with Crippen molar-refractivity contribution in [3.63, 3.8) is 0 Å². The second-order valence-corrected chi connectivity index (χ2v) is 17.2. The van der Waals surface area contributed by atoms with Crippen LogP contribution in [0.3, 0.4) is 0 Å². The Bertz CT molecular complexity index is 2720. The van der Waals surface area contributed by atoms with Crippen LogP contribution in [-0.4, -0.2) is 56.4 Å². The van der Waals surface area contributed by atoms with Crippen LogP contribution in [0, 0.1) is 0 Å². The lowest BCUT2D eigenvalue weighted by Crippen LogP contribution is -2.38. The average Bonchev–Trinajstić information content (AvgIpc) is 3.95. The molecule has 0 saturated heterocycles. The summed E-state index contributed by atoms with van der Waals surface area (Å²) in [5, 5.41) is 6.27. The maximum absolute atomic E-state index is 13.1. The molecule has 370 valence electrons. The van der Waals surface area contributed by atoms with E-state index in [1.807, 2.05) is 30.3 Å². The zero-order valence-electron chi connectivity index (χ0n) is 38.5. The van der Waals surface area contributed by atoms with Gasteiger partial charge in [-0.05, 0) is 116 Å². The number of benzene rings is 6. The fraction of sp³-hybridized carbons (Fsp3) is 0.283. The van der Waals surface area contributed by atoms with Crippen molar-refractivity contribution >= 4 is 35.7 Å². The monoisotopic (exact) mass is 991 g/mol. The summed E-state index contributed by atoms with van der Waals surface area (Å²) in [4.78, 5) is 26.3. The average molecular weight is 992 g/mol. The van der Waals surface area contributed by atoms with E-state index in [-0.39, 0.29) is 62.0 Å². The highest BCUT2D eigenvalue weighted by molar-refractivity contribution is 5.97. The number of amides is 1. The van der Waals surface area contributed by atoms with E-state index in [4.69, 9.17) is 14.2 Å². The molecule has 0 atom stereocenters. The summed E-state index contributed by atoms with van der Waals surface area (Å²) in [6.45, 7) is 7.42. The fourth-order valence-electron chi connectivity index (χ4n) is 7.75. The molecule has 2 aliphatic heterocycles. The van der Waals surface area contributed by atoms with E-state index in [1.54, 1.807) is 117 Å². The maximum Gasteiger partial charge on any atom is 0.573 e. The number of nitrogens with one attached hydrogen (secondary N) is 2. The van der Waals surface area contributed by atoms with Gasteiger partial charge in [0.2, 0.25) is 5.91 Å². The molecule has 2 N–H and O–H groups in total. The summed E-state index contributed by atoms with van der Waals surface area (Å²) in [5.74, 6) is 0.252. The molecule has 0 aromatic heterocycles. The molecule has 10 nitrogen and oxygen atoms in total. The van der Waals surface area contributed by atoms with Crippen LogP contribution in [-0.2, 0) is 40.4 Å². The lowest BCUT2D eigenvalue weighted by molar-refractivity contribution is -0.275. The molecule has 8 rings (SSSR count). The number of carbonyl (C=O) groups is 2. The molecule has 2 heterocycles. The number of esters is 1. The summed E-state index contributed by atoms with van der Waals surface area (Å²) in [6.07, 6.45) is -7.86. The minimum Gasteiger partial charge on any atom is -0.489 e. The minimum atomic E-state index is -4.83. The third-order valence-corrected chi connectivity index (χ3v) is 10.8. The predicted molar refractivity (Wildman–Crippen MR) is 258 cm³/mol. The highest BCUT2D eigenvalue weighted by atomic mass is 35.5. The summed E-state index contributed by atoms with van der Waals surface area (Å²) >= 11 is 0.